The van der Waals surface area contributed by atoms with Gasteiger partial charge in [0.1, 0.15) is 11.3 Å². The molecule has 0 saturated carbocycles. The number of carbonyl (C=O) groups is 1. The van der Waals surface area contributed by atoms with Crippen molar-refractivity contribution in [3.8, 4) is 0 Å². The van der Waals surface area contributed by atoms with Crippen LogP contribution in [0, 0.1) is 16.0 Å². The summed E-state index contributed by atoms with van der Waals surface area (Å²) in [6.45, 7) is 1.16. The molecule has 1 amide bonds. The average molecular weight is 279 g/mol. The number of rotatable bonds is 4. The van der Waals surface area contributed by atoms with Gasteiger partial charge in [0.15, 0.2) is 0 Å². The van der Waals surface area contributed by atoms with Gasteiger partial charge in [-0.2, -0.15) is 0 Å². The minimum absolute atomic E-state index is 0.00745. The summed E-state index contributed by atoms with van der Waals surface area (Å²) in [4.78, 5) is 24.4. The standard InChI is InChI=1S/C13H17N3O4/c14-11-3-1-2-10(12(11)16(19)20)13(18)15-6-4-9(8-15)5-7-17/h1-3,9,17H,4-8,14H2. The highest BCUT2D eigenvalue weighted by Crippen LogP contribution is 2.29. The first-order valence-corrected chi connectivity index (χ1v) is 6.47. The largest absolute Gasteiger partial charge is 0.396 e. The van der Waals surface area contributed by atoms with Gasteiger partial charge < -0.3 is 15.7 Å². The van der Waals surface area contributed by atoms with E-state index in [1.807, 2.05) is 0 Å². The van der Waals surface area contributed by atoms with Gasteiger partial charge in [0.2, 0.25) is 0 Å². The van der Waals surface area contributed by atoms with E-state index < -0.39 is 4.92 Å². The maximum Gasteiger partial charge on any atom is 0.304 e. The molecule has 0 spiro atoms. The molecule has 1 atom stereocenters. The Balaban J connectivity index is 2.22. The molecular weight excluding hydrogens is 262 g/mol. The monoisotopic (exact) mass is 279 g/mol. The fourth-order valence-corrected chi connectivity index (χ4v) is 2.54. The Morgan fingerprint density at radius 2 is 2.30 bits per heavy atom. The molecule has 1 aromatic carbocycles. The fraction of sp³-hybridized carbons (Fsp3) is 0.462. The van der Waals surface area contributed by atoms with Crippen LogP contribution in [0.1, 0.15) is 23.2 Å². The number of anilines is 1. The summed E-state index contributed by atoms with van der Waals surface area (Å²) in [7, 11) is 0. The molecule has 2 rings (SSSR count). The van der Waals surface area contributed by atoms with E-state index in [1.54, 1.807) is 4.90 Å². The van der Waals surface area contributed by atoms with Gasteiger partial charge in [-0.25, -0.2) is 0 Å². The summed E-state index contributed by atoms with van der Waals surface area (Å²) in [5.74, 6) is -0.117. The minimum atomic E-state index is -0.621. The number of amides is 1. The van der Waals surface area contributed by atoms with Gasteiger partial charge in [0, 0.05) is 19.7 Å². The van der Waals surface area contributed by atoms with Gasteiger partial charge in [-0.1, -0.05) is 6.07 Å². The maximum atomic E-state index is 12.4. The lowest BCUT2D eigenvalue weighted by Crippen LogP contribution is -2.29. The van der Waals surface area contributed by atoms with Crippen LogP contribution in [0.15, 0.2) is 18.2 Å². The molecule has 1 aromatic rings. The number of hydrogen-bond donors (Lipinski definition) is 2. The van der Waals surface area contributed by atoms with Crippen LogP contribution in [0.5, 0.6) is 0 Å². The van der Waals surface area contributed by atoms with E-state index in [2.05, 4.69) is 0 Å². The van der Waals surface area contributed by atoms with Gasteiger partial charge in [-0.15, -0.1) is 0 Å². The first-order chi connectivity index (χ1) is 9.54. The van der Waals surface area contributed by atoms with Crippen LogP contribution in [0.3, 0.4) is 0 Å². The first kappa shape index (κ1) is 14.3. The third-order valence-corrected chi connectivity index (χ3v) is 3.59. The van der Waals surface area contributed by atoms with Crippen molar-refractivity contribution in [3.05, 3.63) is 33.9 Å². The Morgan fingerprint density at radius 3 is 2.95 bits per heavy atom. The van der Waals surface area contributed by atoms with E-state index >= 15 is 0 Å². The smallest absolute Gasteiger partial charge is 0.304 e. The second-order valence-corrected chi connectivity index (χ2v) is 4.92. The zero-order valence-corrected chi connectivity index (χ0v) is 11.0. The molecule has 1 heterocycles. The molecular formula is C13H17N3O4. The van der Waals surface area contributed by atoms with Crippen LogP contribution in [0.25, 0.3) is 0 Å². The van der Waals surface area contributed by atoms with Crippen molar-refractivity contribution in [1.82, 2.24) is 4.90 Å². The van der Waals surface area contributed by atoms with E-state index in [4.69, 9.17) is 10.8 Å². The highest BCUT2D eigenvalue weighted by atomic mass is 16.6. The predicted octanol–water partition coefficient (Wildman–Crippen LogP) is 1.02. The van der Waals surface area contributed by atoms with Crippen molar-refractivity contribution in [3.63, 3.8) is 0 Å². The number of hydrogen-bond acceptors (Lipinski definition) is 5. The first-order valence-electron chi connectivity index (χ1n) is 6.47. The lowest BCUT2D eigenvalue weighted by atomic mass is 10.1. The van der Waals surface area contributed by atoms with Crippen LogP contribution in [-0.4, -0.2) is 40.5 Å². The summed E-state index contributed by atoms with van der Waals surface area (Å²) in [5.41, 5.74) is 5.28. The molecule has 1 aliphatic rings. The van der Waals surface area contributed by atoms with Gasteiger partial charge in [-0.05, 0) is 30.9 Å². The SMILES string of the molecule is Nc1cccc(C(=O)N2CCC(CCO)C2)c1[N+](=O)[O-]. The fourth-order valence-electron chi connectivity index (χ4n) is 2.54. The van der Waals surface area contributed by atoms with Crippen molar-refractivity contribution in [1.29, 1.82) is 0 Å². The molecule has 3 N–H and O–H groups in total. The normalized spacial score (nSPS) is 18.2. The Hall–Kier alpha value is -2.15. The number of nitrogens with zero attached hydrogens (tertiary/aromatic N) is 2. The second-order valence-electron chi connectivity index (χ2n) is 4.92. The maximum absolute atomic E-state index is 12.4. The van der Waals surface area contributed by atoms with Crippen molar-refractivity contribution in [2.45, 2.75) is 12.8 Å². The molecule has 7 nitrogen and oxygen atoms in total. The van der Waals surface area contributed by atoms with E-state index in [9.17, 15) is 14.9 Å². The third-order valence-electron chi connectivity index (χ3n) is 3.59. The van der Waals surface area contributed by atoms with E-state index in [0.29, 0.717) is 19.5 Å². The van der Waals surface area contributed by atoms with Crippen molar-refractivity contribution in [2.24, 2.45) is 5.92 Å². The molecule has 1 unspecified atom stereocenters. The van der Waals surface area contributed by atoms with Gasteiger partial charge in [0.05, 0.1) is 4.92 Å². The van der Waals surface area contributed by atoms with E-state index in [1.165, 1.54) is 18.2 Å². The lowest BCUT2D eigenvalue weighted by Gasteiger charge is -2.16. The molecule has 0 aromatic heterocycles. The summed E-state index contributed by atoms with van der Waals surface area (Å²) >= 11 is 0. The molecule has 0 aliphatic carbocycles. The lowest BCUT2D eigenvalue weighted by molar-refractivity contribution is -0.384. The molecule has 7 heteroatoms. The quantitative estimate of drug-likeness (QED) is 0.486. The average Bonchev–Trinajstić information content (AvgIpc) is 2.86. The summed E-state index contributed by atoms with van der Waals surface area (Å²) in [6, 6.07) is 4.38. The molecule has 0 radical (unpaired) electrons. The Morgan fingerprint density at radius 1 is 1.55 bits per heavy atom. The number of carbonyl (C=O) groups excluding carboxylic acids is 1. The van der Waals surface area contributed by atoms with Crippen molar-refractivity contribution < 1.29 is 14.8 Å². The summed E-state index contributed by atoms with van der Waals surface area (Å²) in [5, 5.41) is 20.0. The van der Waals surface area contributed by atoms with Crippen LogP contribution >= 0.6 is 0 Å². The topological polar surface area (TPSA) is 110 Å². The predicted molar refractivity (Wildman–Crippen MR) is 73.2 cm³/mol. The highest BCUT2D eigenvalue weighted by molar-refractivity contribution is 6.00. The number of nitro benzene ring substituents is 1. The number of likely N-dealkylation sites (tertiary alicyclic amines) is 1. The molecule has 108 valence electrons. The Labute approximate surface area is 116 Å². The Kier molecular flexibility index (Phi) is 4.19. The number of aliphatic hydroxyl groups excluding tert-OH is 1. The molecule has 1 fully saturated rings. The second kappa shape index (κ2) is 5.87. The van der Waals surface area contributed by atoms with Crippen molar-refractivity contribution >= 4 is 17.3 Å². The zero-order valence-electron chi connectivity index (χ0n) is 11.0. The van der Waals surface area contributed by atoms with Gasteiger partial charge in [0.25, 0.3) is 5.91 Å². The van der Waals surface area contributed by atoms with Gasteiger partial charge >= 0.3 is 5.69 Å². The minimum Gasteiger partial charge on any atom is -0.396 e. The number of aliphatic hydroxyl groups is 1. The molecule has 0 bridgehead atoms. The van der Waals surface area contributed by atoms with Crippen LogP contribution in [-0.2, 0) is 0 Å². The van der Waals surface area contributed by atoms with Crippen LogP contribution in [0.2, 0.25) is 0 Å². The van der Waals surface area contributed by atoms with Crippen molar-refractivity contribution in [2.75, 3.05) is 25.4 Å². The summed E-state index contributed by atoms with van der Waals surface area (Å²) < 4.78 is 0. The molecule has 1 aliphatic heterocycles. The van der Waals surface area contributed by atoms with E-state index in [-0.39, 0.29) is 35.4 Å². The van der Waals surface area contributed by atoms with Crippen LogP contribution in [0.4, 0.5) is 11.4 Å². The molecule has 1 saturated heterocycles. The number of nitro groups is 1. The molecule has 20 heavy (non-hydrogen) atoms. The Bertz CT molecular complexity index is 532. The van der Waals surface area contributed by atoms with E-state index in [0.717, 1.165) is 6.42 Å². The van der Waals surface area contributed by atoms with Gasteiger partial charge in [-0.3, -0.25) is 14.9 Å². The number of para-hydroxylation sites is 1. The number of benzene rings is 1. The third kappa shape index (κ3) is 2.72. The zero-order chi connectivity index (χ0) is 14.7. The summed E-state index contributed by atoms with van der Waals surface area (Å²) in [6.07, 6.45) is 1.45. The highest BCUT2D eigenvalue weighted by Gasteiger charge is 2.31. The number of nitrogens with two attached hydrogens (primary N) is 1. The number of nitrogen functional groups attached to an aromatic ring is 1. The van der Waals surface area contributed by atoms with Crippen LogP contribution < -0.4 is 5.73 Å².